The summed E-state index contributed by atoms with van der Waals surface area (Å²) in [5.41, 5.74) is 1.62. The largest absolute Gasteiger partial charge is 0.355 e. The molecular weight excluding hydrogens is 386 g/mol. The van der Waals surface area contributed by atoms with Gasteiger partial charge in [0.05, 0.1) is 11.4 Å². The topological polar surface area (TPSA) is 88.9 Å². The van der Waals surface area contributed by atoms with Crippen LogP contribution in [0.2, 0.25) is 0 Å². The third kappa shape index (κ3) is 6.32. The molecule has 2 aromatic rings. The molecule has 1 aromatic carbocycles. The van der Waals surface area contributed by atoms with Gasteiger partial charge in [-0.25, -0.2) is 0 Å². The number of nitrogens with zero attached hydrogens (tertiary/aromatic N) is 3. The fourth-order valence-corrected chi connectivity index (χ4v) is 3.90. The van der Waals surface area contributed by atoms with E-state index in [0.29, 0.717) is 16.8 Å². The van der Waals surface area contributed by atoms with E-state index in [1.165, 1.54) is 31.5 Å². The zero-order valence-electron chi connectivity index (χ0n) is 17.1. The van der Waals surface area contributed by atoms with Gasteiger partial charge in [-0.15, -0.1) is 10.2 Å². The van der Waals surface area contributed by atoms with Gasteiger partial charge >= 0.3 is 0 Å². The minimum absolute atomic E-state index is 0.0148. The third-order valence-corrected chi connectivity index (χ3v) is 5.64. The molecule has 0 saturated heterocycles. The number of thioether (sulfide) groups is 1. The number of nitrogens with one attached hydrogen (secondary N) is 2. The Kier molecular flexibility index (Phi) is 7.69. The van der Waals surface area contributed by atoms with Crippen molar-refractivity contribution in [3.63, 3.8) is 0 Å². The summed E-state index contributed by atoms with van der Waals surface area (Å²) in [7, 11) is 0. The number of benzene rings is 1. The summed E-state index contributed by atoms with van der Waals surface area (Å²) < 4.78 is 2.02. The van der Waals surface area contributed by atoms with Crippen LogP contribution in [-0.2, 0) is 9.59 Å². The molecule has 2 amide bonds. The van der Waals surface area contributed by atoms with E-state index in [0.717, 1.165) is 49.4 Å². The Morgan fingerprint density at radius 2 is 2.03 bits per heavy atom. The Bertz CT molecular complexity index is 847. The minimum atomic E-state index is -0.112. The molecular formula is C21H29N5O2S. The summed E-state index contributed by atoms with van der Waals surface area (Å²) in [5.74, 6) is 1.54. The third-order valence-electron chi connectivity index (χ3n) is 4.71. The lowest BCUT2D eigenvalue weighted by Crippen LogP contribution is -2.26. The second-order valence-electron chi connectivity index (χ2n) is 7.38. The summed E-state index contributed by atoms with van der Waals surface area (Å²) in [6, 6.07) is 7.63. The van der Waals surface area contributed by atoms with Crippen LogP contribution in [0, 0.1) is 0 Å². The van der Waals surface area contributed by atoms with Crippen molar-refractivity contribution >= 4 is 29.3 Å². The molecule has 7 nitrogen and oxygen atoms in total. The van der Waals surface area contributed by atoms with Crippen LogP contribution >= 0.6 is 11.8 Å². The van der Waals surface area contributed by atoms with E-state index in [4.69, 9.17) is 0 Å². The van der Waals surface area contributed by atoms with Crippen LogP contribution in [0.5, 0.6) is 0 Å². The summed E-state index contributed by atoms with van der Waals surface area (Å²) >= 11 is 1.39. The first-order chi connectivity index (χ1) is 14.1. The Hall–Kier alpha value is -2.35. The van der Waals surface area contributed by atoms with Crippen molar-refractivity contribution in [3.05, 3.63) is 30.1 Å². The molecule has 0 atom stereocenters. The van der Waals surface area contributed by atoms with Crippen LogP contribution in [0.4, 0.5) is 5.69 Å². The van der Waals surface area contributed by atoms with Crippen molar-refractivity contribution in [3.8, 4) is 5.69 Å². The number of unbranched alkanes of at least 4 members (excludes halogenated alkanes) is 3. The van der Waals surface area contributed by atoms with Crippen LogP contribution in [0.25, 0.3) is 5.69 Å². The van der Waals surface area contributed by atoms with E-state index >= 15 is 0 Å². The molecule has 2 N–H and O–H groups in total. The quantitative estimate of drug-likeness (QED) is 0.429. The molecule has 156 valence electrons. The number of anilines is 1. The normalized spacial score (nSPS) is 13.3. The predicted octanol–water partition coefficient (Wildman–Crippen LogP) is 3.89. The van der Waals surface area contributed by atoms with E-state index in [-0.39, 0.29) is 11.8 Å². The van der Waals surface area contributed by atoms with Gasteiger partial charge in [-0.3, -0.25) is 14.2 Å². The van der Waals surface area contributed by atoms with Crippen molar-refractivity contribution < 1.29 is 9.59 Å². The van der Waals surface area contributed by atoms with Crippen molar-refractivity contribution in [2.45, 2.75) is 63.4 Å². The number of rotatable bonds is 11. The number of hydrogen-bond donors (Lipinski definition) is 2. The SMILES string of the molecule is CCCCCCNC(=O)CSc1nnc(C2CC2)n1-c1cccc(NC(C)=O)c1. The molecule has 1 fully saturated rings. The molecule has 1 aliphatic carbocycles. The lowest BCUT2D eigenvalue weighted by atomic mass is 10.2. The van der Waals surface area contributed by atoms with Gasteiger partial charge in [0.25, 0.3) is 0 Å². The van der Waals surface area contributed by atoms with Gasteiger partial charge in [0, 0.05) is 25.1 Å². The molecule has 3 rings (SSSR count). The molecule has 0 radical (unpaired) electrons. The molecule has 1 saturated carbocycles. The fraction of sp³-hybridized carbons (Fsp3) is 0.524. The molecule has 29 heavy (non-hydrogen) atoms. The van der Waals surface area contributed by atoms with E-state index in [2.05, 4.69) is 27.8 Å². The Morgan fingerprint density at radius 1 is 1.21 bits per heavy atom. The van der Waals surface area contributed by atoms with Gasteiger partial charge in [-0.2, -0.15) is 0 Å². The van der Waals surface area contributed by atoms with Crippen molar-refractivity contribution in [2.24, 2.45) is 0 Å². The van der Waals surface area contributed by atoms with Gasteiger partial charge in [-0.05, 0) is 37.5 Å². The standard InChI is InChI=1S/C21H29N5O2S/c1-3-4-5-6-12-22-19(28)14-29-21-25-24-20(16-10-11-16)26(21)18-9-7-8-17(13-18)23-15(2)27/h7-9,13,16H,3-6,10-12,14H2,1-2H3,(H,22,28)(H,23,27). The average Bonchev–Trinajstić information content (AvgIpc) is 3.45. The molecule has 8 heteroatoms. The maximum atomic E-state index is 12.2. The zero-order chi connectivity index (χ0) is 20.6. The van der Waals surface area contributed by atoms with Gasteiger partial charge in [0.1, 0.15) is 5.82 Å². The first kappa shape index (κ1) is 21.4. The molecule has 0 aliphatic heterocycles. The molecule has 0 spiro atoms. The lowest BCUT2D eigenvalue weighted by Gasteiger charge is -2.12. The maximum absolute atomic E-state index is 12.2. The molecule has 1 aliphatic rings. The monoisotopic (exact) mass is 415 g/mol. The summed E-state index contributed by atoms with van der Waals surface area (Å²) in [6.07, 6.45) is 6.76. The highest BCUT2D eigenvalue weighted by molar-refractivity contribution is 7.99. The Labute approximate surface area is 176 Å². The van der Waals surface area contributed by atoms with E-state index in [1.54, 1.807) is 0 Å². The second-order valence-corrected chi connectivity index (χ2v) is 8.32. The first-order valence-corrected chi connectivity index (χ1v) is 11.3. The summed E-state index contributed by atoms with van der Waals surface area (Å²) in [6.45, 7) is 4.38. The highest BCUT2D eigenvalue weighted by Gasteiger charge is 2.31. The highest BCUT2D eigenvalue weighted by Crippen LogP contribution is 2.41. The van der Waals surface area contributed by atoms with Crippen molar-refractivity contribution in [1.82, 2.24) is 20.1 Å². The number of amides is 2. The van der Waals surface area contributed by atoms with E-state index in [9.17, 15) is 9.59 Å². The van der Waals surface area contributed by atoms with Crippen LogP contribution in [0.3, 0.4) is 0 Å². The number of carbonyl (C=O) groups excluding carboxylic acids is 2. The highest BCUT2D eigenvalue weighted by atomic mass is 32.2. The fourth-order valence-electron chi connectivity index (χ4n) is 3.11. The Balaban J connectivity index is 1.67. The van der Waals surface area contributed by atoms with Gasteiger partial charge in [0.2, 0.25) is 11.8 Å². The smallest absolute Gasteiger partial charge is 0.230 e. The molecule has 0 bridgehead atoms. The van der Waals surface area contributed by atoms with E-state index < -0.39 is 0 Å². The Morgan fingerprint density at radius 3 is 2.76 bits per heavy atom. The maximum Gasteiger partial charge on any atom is 0.230 e. The zero-order valence-corrected chi connectivity index (χ0v) is 17.9. The lowest BCUT2D eigenvalue weighted by molar-refractivity contribution is -0.118. The van der Waals surface area contributed by atoms with Crippen LogP contribution in [0.15, 0.2) is 29.4 Å². The molecule has 0 unspecified atom stereocenters. The summed E-state index contributed by atoms with van der Waals surface area (Å²) in [4.78, 5) is 23.6. The van der Waals surface area contributed by atoms with Crippen molar-refractivity contribution in [1.29, 1.82) is 0 Å². The number of aromatic nitrogens is 3. The van der Waals surface area contributed by atoms with Gasteiger partial charge in [-0.1, -0.05) is 44.0 Å². The van der Waals surface area contributed by atoms with E-state index in [1.807, 2.05) is 28.8 Å². The van der Waals surface area contributed by atoms with Crippen LogP contribution in [0.1, 0.15) is 64.1 Å². The molecule has 1 aromatic heterocycles. The first-order valence-electron chi connectivity index (χ1n) is 10.3. The van der Waals surface area contributed by atoms with Crippen LogP contribution in [-0.4, -0.2) is 38.9 Å². The summed E-state index contributed by atoms with van der Waals surface area (Å²) in [5, 5.41) is 15.2. The van der Waals surface area contributed by atoms with Crippen LogP contribution < -0.4 is 10.6 Å². The molecule has 1 heterocycles. The average molecular weight is 416 g/mol. The second kappa shape index (κ2) is 10.4. The number of hydrogen-bond acceptors (Lipinski definition) is 5. The predicted molar refractivity (Wildman–Crippen MR) is 116 cm³/mol. The minimum Gasteiger partial charge on any atom is -0.355 e. The van der Waals surface area contributed by atoms with Gasteiger partial charge in [0.15, 0.2) is 5.16 Å². The van der Waals surface area contributed by atoms with Gasteiger partial charge < -0.3 is 10.6 Å². The number of carbonyl (C=O) groups is 2. The van der Waals surface area contributed by atoms with Crippen molar-refractivity contribution in [2.75, 3.05) is 17.6 Å².